The smallest absolute Gasteiger partial charge is 0.246 e. The Kier molecular flexibility index (Phi) is 7.37. The first-order valence-electron chi connectivity index (χ1n) is 8.12. The third-order valence-corrected chi connectivity index (χ3v) is 4.16. The topological polar surface area (TPSA) is 38.8 Å². The zero-order chi connectivity index (χ0) is 19.1. The van der Waals surface area contributed by atoms with Gasteiger partial charge < -0.3 is 14.4 Å². The molecule has 138 valence electrons. The van der Waals surface area contributed by atoms with Crippen molar-refractivity contribution in [3.05, 3.63) is 63.6 Å². The minimum Gasteiger partial charge on any atom is -0.491 e. The second-order valence-corrected chi connectivity index (χ2v) is 6.47. The molecule has 2 aromatic carbocycles. The molecule has 0 spiro atoms. The van der Waals surface area contributed by atoms with Gasteiger partial charge in [0.05, 0.1) is 18.7 Å². The summed E-state index contributed by atoms with van der Waals surface area (Å²) in [6.45, 7) is 2.84. The molecule has 0 saturated heterocycles. The molecule has 0 heterocycles. The Bertz CT molecular complexity index is 806. The van der Waals surface area contributed by atoms with Gasteiger partial charge in [-0.05, 0) is 48.4 Å². The van der Waals surface area contributed by atoms with Crippen molar-refractivity contribution >= 4 is 35.2 Å². The maximum absolute atomic E-state index is 12.3. The molecule has 2 rings (SSSR count). The van der Waals surface area contributed by atoms with E-state index in [-0.39, 0.29) is 5.91 Å². The Hall–Kier alpha value is -2.17. The summed E-state index contributed by atoms with van der Waals surface area (Å²) in [5.41, 5.74) is 1.72. The molecule has 0 aliphatic carbocycles. The van der Waals surface area contributed by atoms with E-state index in [9.17, 15) is 4.79 Å². The number of hydrogen-bond donors (Lipinski definition) is 0. The number of carbonyl (C=O) groups excluding carboxylic acids is 1. The lowest BCUT2D eigenvalue weighted by molar-refractivity contribution is -0.125. The molecular formula is C20H21Cl2NO3. The summed E-state index contributed by atoms with van der Waals surface area (Å²) in [5.74, 6) is 0.895. The van der Waals surface area contributed by atoms with Crippen LogP contribution in [0.1, 0.15) is 18.1 Å². The van der Waals surface area contributed by atoms with Gasteiger partial charge in [-0.2, -0.15) is 0 Å². The van der Waals surface area contributed by atoms with E-state index in [2.05, 4.69) is 0 Å². The van der Waals surface area contributed by atoms with Gasteiger partial charge in [0.25, 0.3) is 0 Å². The largest absolute Gasteiger partial charge is 0.491 e. The number of methoxy groups -OCH3 is 1. The Balaban J connectivity index is 2.11. The number of hydrogen-bond acceptors (Lipinski definition) is 3. The summed E-state index contributed by atoms with van der Waals surface area (Å²) in [6.07, 6.45) is 3.20. The van der Waals surface area contributed by atoms with Crippen molar-refractivity contribution in [1.82, 2.24) is 4.90 Å². The number of benzene rings is 2. The average Bonchev–Trinajstić information content (AvgIpc) is 2.59. The van der Waals surface area contributed by atoms with Crippen LogP contribution in [0.4, 0.5) is 0 Å². The van der Waals surface area contributed by atoms with Crippen LogP contribution in [-0.4, -0.2) is 31.6 Å². The van der Waals surface area contributed by atoms with Gasteiger partial charge in [-0.15, -0.1) is 0 Å². The van der Waals surface area contributed by atoms with Gasteiger partial charge in [0.1, 0.15) is 0 Å². The molecule has 0 bridgehead atoms. The molecule has 0 unspecified atom stereocenters. The van der Waals surface area contributed by atoms with Gasteiger partial charge in [-0.1, -0.05) is 35.3 Å². The molecule has 4 nitrogen and oxygen atoms in total. The first-order valence-corrected chi connectivity index (χ1v) is 8.88. The van der Waals surface area contributed by atoms with E-state index in [0.29, 0.717) is 34.7 Å². The van der Waals surface area contributed by atoms with Gasteiger partial charge in [-0.3, -0.25) is 4.79 Å². The van der Waals surface area contributed by atoms with Gasteiger partial charge in [0.2, 0.25) is 5.91 Å². The summed E-state index contributed by atoms with van der Waals surface area (Å²) >= 11 is 12.2. The summed E-state index contributed by atoms with van der Waals surface area (Å²) in [6, 6.07) is 10.9. The van der Waals surface area contributed by atoms with Crippen molar-refractivity contribution in [2.45, 2.75) is 13.5 Å². The maximum atomic E-state index is 12.3. The number of ether oxygens (including phenoxy) is 2. The van der Waals surface area contributed by atoms with Crippen molar-refractivity contribution in [3.63, 3.8) is 0 Å². The van der Waals surface area contributed by atoms with Crippen molar-refractivity contribution in [2.75, 3.05) is 20.8 Å². The van der Waals surface area contributed by atoms with Gasteiger partial charge in [-0.25, -0.2) is 0 Å². The van der Waals surface area contributed by atoms with E-state index in [1.54, 1.807) is 36.2 Å². The zero-order valence-electron chi connectivity index (χ0n) is 15.0. The van der Waals surface area contributed by atoms with E-state index in [1.165, 1.54) is 13.2 Å². The van der Waals surface area contributed by atoms with Gasteiger partial charge >= 0.3 is 0 Å². The highest BCUT2D eigenvalue weighted by Gasteiger charge is 2.11. The van der Waals surface area contributed by atoms with Crippen LogP contribution in [-0.2, 0) is 11.3 Å². The molecule has 6 heteroatoms. The molecule has 0 aliphatic rings. The van der Waals surface area contributed by atoms with Crippen LogP contribution in [0.25, 0.3) is 6.08 Å². The molecular weight excluding hydrogens is 373 g/mol. The molecule has 0 aromatic heterocycles. The van der Waals surface area contributed by atoms with E-state index in [0.717, 1.165) is 11.1 Å². The van der Waals surface area contributed by atoms with Crippen LogP contribution in [0.3, 0.4) is 0 Å². The summed E-state index contributed by atoms with van der Waals surface area (Å²) in [5, 5.41) is 1.08. The lowest BCUT2D eigenvalue weighted by Gasteiger charge is -2.15. The Morgan fingerprint density at radius 2 is 2.00 bits per heavy atom. The molecule has 0 radical (unpaired) electrons. The third kappa shape index (κ3) is 5.41. The standard InChI is InChI=1S/C20H21Cl2NO3/c1-4-26-18-12-14(11-17(22)20(18)25-3)8-9-19(24)23(2)13-15-6-5-7-16(21)10-15/h5-12H,4,13H2,1-3H3/b9-8+. The highest BCUT2D eigenvalue weighted by molar-refractivity contribution is 6.32. The van der Waals surface area contributed by atoms with Crippen LogP contribution in [0, 0.1) is 0 Å². The number of likely N-dealkylation sites (N-methyl/N-ethyl adjacent to an activating group) is 1. The highest BCUT2D eigenvalue weighted by atomic mass is 35.5. The van der Waals surface area contributed by atoms with Crippen LogP contribution in [0.5, 0.6) is 11.5 Å². The fourth-order valence-corrected chi connectivity index (χ4v) is 2.94. The molecule has 2 aromatic rings. The fourth-order valence-electron chi connectivity index (χ4n) is 2.43. The molecule has 1 amide bonds. The van der Waals surface area contributed by atoms with Crippen molar-refractivity contribution in [3.8, 4) is 11.5 Å². The van der Waals surface area contributed by atoms with Gasteiger partial charge in [0.15, 0.2) is 11.5 Å². The normalized spacial score (nSPS) is 10.8. The van der Waals surface area contributed by atoms with Crippen LogP contribution in [0.15, 0.2) is 42.5 Å². The molecule has 0 aliphatic heterocycles. The van der Waals surface area contributed by atoms with Gasteiger partial charge in [0, 0.05) is 24.7 Å². The highest BCUT2D eigenvalue weighted by Crippen LogP contribution is 2.36. The van der Waals surface area contributed by atoms with Crippen LogP contribution in [0.2, 0.25) is 10.0 Å². The molecule has 0 fully saturated rings. The monoisotopic (exact) mass is 393 g/mol. The lowest BCUT2D eigenvalue weighted by atomic mass is 10.1. The number of halogens is 2. The van der Waals surface area contributed by atoms with Crippen LogP contribution < -0.4 is 9.47 Å². The zero-order valence-corrected chi connectivity index (χ0v) is 16.5. The Morgan fingerprint density at radius 1 is 1.23 bits per heavy atom. The third-order valence-electron chi connectivity index (χ3n) is 3.64. The van der Waals surface area contributed by atoms with Crippen molar-refractivity contribution < 1.29 is 14.3 Å². The first-order chi connectivity index (χ1) is 12.4. The summed E-state index contributed by atoms with van der Waals surface area (Å²) in [7, 11) is 3.27. The molecule has 26 heavy (non-hydrogen) atoms. The number of amides is 1. The maximum Gasteiger partial charge on any atom is 0.246 e. The predicted molar refractivity (Wildman–Crippen MR) is 106 cm³/mol. The number of rotatable bonds is 7. The SMILES string of the molecule is CCOc1cc(/C=C/C(=O)N(C)Cc2cccc(Cl)c2)cc(Cl)c1OC. The predicted octanol–water partition coefficient (Wildman–Crippen LogP) is 5.07. The Morgan fingerprint density at radius 3 is 2.65 bits per heavy atom. The first kappa shape index (κ1) is 20.1. The lowest BCUT2D eigenvalue weighted by Crippen LogP contribution is -2.24. The second-order valence-electron chi connectivity index (χ2n) is 5.62. The average molecular weight is 394 g/mol. The minimum absolute atomic E-state index is 0.130. The summed E-state index contributed by atoms with van der Waals surface area (Å²) in [4.78, 5) is 13.9. The number of nitrogens with zero attached hydrogens (tertiary/aromatic N) is 1. The Labute approximate surface area is 163 Å². The van der Waals surface area contributed by atoms with Crippen molar-refractivity contribution in [2.24, 2.45) is 0 Å². The fraction of sp³-hybridized carbons (Fsp3) is 0.250. The molecule has 0 saturated carbocycles. The van der Waals surface area contributed by atoms with E-state index < -0.39 is 0 Å². The van der Waals surface area contributed by atoms with E-state index in [4.69, 9.17) is 32.7 Å². The van der Waals surface area contributed by atoms with E-state index >= 15 is 0 Å². The van der Waals surface area contributed by atoms with Crippen molar-refractivity contribution in [1.29, 1.82) is 0 Å². The molecule has 0 atom stereocenters. The summed E-state index contributed by atoms with van der Waals surface area (Å²) < 4.78 is 10.8. The molecule has 0 N–H and O–H groups in total. The number of carbonyl (C=O) groups is 1. The van der Waals surface area contributed by atoms with E-state index in [1.807, 2.05) is 25.1 Å². The quantitative estimate of drug-likeness (QED) is 0.616. The minimum atomic E-state index is -0.130. The second kappa shape index (κ2) is 9.51. The van der Waals surface area contributed by atoms with Crippen LogP contribution >= 0.6 is 23.2 Å².